The Hall–Kier alpha value is -2.11. The van der Waals surface area contributed by atoms with Crippen LogP contribution in [0.4, 0.5) is 4.79 Å². The summed E-state index contributed by atoms with van der Waals surface area (Å²) in [6.07, 6.45) is 4.17. The highest BCUT2D eigenvalue weighted by molar-refractivity contribution is 5.65. The van der Waals surface area contributed by atoms with Crippen LogP contribution in [0.3, 0.4) is 0 Å². The summed E-state index contributed by atoms with van der Waals surface area (Å²) in [7, 11) is 0. The summed E-state index contributed by atoms with van der Waals surface area (Å²) >= 11 is 0. The van der Waals surface area contributed by atoms with Crippen LogP contribution in [0.25, 0.3) is 5.65 Å². The van der Waals surface area contributed by atoms with Crippen LogP contribution in [0.15, 0.2) is 18.5 Å². The van der Waals surface area contributed by atoms with Crippen molar-refractivity contribution < 1.29 is 9.90 Å². The molecule has 1 N–H and O–H groups in total. The maximum atomic E-state index is 10.9. The number of rotatable bonds is 0. The van der Waals surface area contributed by atoms with Gasteiger partial charge in [-0.1, -0.05) is 0 Å². The third-order valence-electron chi connectivity index (χ3n) is 3.09. The zero-order valence-corrected chi connectivity index (χ0v) is 9.20. The van der Waals surface area contributed by atoms with Gasteiger partial charge in [-0.3, -0.25) is 0 Å². The second-order valence-corrected chi connectivity index (χ2v) is 4.12. The molecule has 0 spiro atoms. The molecule has 0 aromatic carbocycles. The maximum absolute atomic E-state index is 10.9. The number of nitrogens with zero attached hydrogens (tertiary/aromatic N) is 4. The Bertz CT molecular complexity index is 536. The number of fused-ring (bicyclic) bond motifs is 2. The Kier molecular flexibility index (Phi) is 2.21. The molecular weight excluding hydrogens is 220 g/mol. The van der Waals surface area contributed by atoms with E-state index in [-0.39, 0.29) is 0 Å². The average molecular weight is 232 g/mol. The van der Waals surface area contributed by atoms with Crippen molar-refractivity contribution in [3.05, 3.63) is 29.7 Å². The number of carboxylic acid groups (broad SMARTS) is 1. The van der Waals surface area contributed by atoms with Gasteiger partial charge in [0.2, 0.25) is 0 Å². The average Bonchev–Trinajstić information content (AvgIpc) is 2.64. The first-order chi connectivity index (χ1) is 8.24. The van der Waals surface area contributed by atoms with Crippen LogP contribution in [0.1, 0.15) is 11.3 Å². The Morgan fingerprint density at radius 2 is 2.18 bits per heavy atom. The van der Waals surface area contributed by atoms with Crippen LogP contribution in [0.5, 0.6) is 0 Å². The molecule has 2 aromatic heterocycles. The van der Waals surface area contributed by atoms with Crippen LogP contribution in [0.2, 0.25) is 0 Å². The molecule has 1 aliphatic rings. The predicted octanol–water partition coefficient (Wildman–Crippen LogP) is 0.808. The fourth-order valence-corrected chi connectivity index (χ4v) is 2.15. The van der Waals surface area contributed by atoms with E-state index < -0.39 is 6.09 Å². The summed E-state index contributed by atoms with van der Waals surface area (Å²) in [5.74, 6) is 0. The smallest absolute Gasteiger partial charge is 0.407 e. The number of hydrogen-bond acceptors (Lipinski definition) is 3. The fraction of sp³-hybridized carbons (Fsp3) is 0.364. The van der Waals surface area contributed by atoms with Crippen LogP contribution in [-0.2, 0) is 12.8 Å². The van der Waals surface area contributed by atoms with Gasteiger partial charge in [0, 0.05) is 37.5 Å². The van der Waals surface area contributed by atoms with Crippen molar-refractivity contribution in [2.75, 3.05) is 13.1 Å². The molecule has 0 atom stereocenters. The van der Waals surface area contributed by atoms with E-state index in [4.69, 9.17) is 5.11 Å². The molecule has 0 unspecified atom stereocenters. The molecule has 1 aliphatic heterocycles. The monoisotopic (exact) mass is 232 g/mol. The summed E-state index contributed by atoms with van der Waals surface area (Å²) in [4.78, 5) is 16.9. The molecule has 0 bridgehead atoms. The van der Waals surface area contributed by atoms with Gasteiger partial charge in [0.05, 0.1) is 6.20 Å². The van der Waals surface area contributed by atoms with Gasteiger partial charge in [0.15, 0.2) is 5.65 Å². The molecule has 3 heterocycles. The van der Waals surface area contributed by atoms with Crippen LogP contribution < -0.4 is 0 Å². The summed E-state index contributed by atoms with van der Waals surface area (Å²) in [6, 6.07) is 1.85. The predicted molar refractivity (Wildman–Crippen MR) is 60.0 cm³/mol. The first-order valence-electron chi connectivity index (χ1n) is 5.54. The highest BCUT2D eigenvalue weighted by Crippen LogP contribution is 2.15. The Labute approximate surface area is 97.5 Å². The third kappa shape index (κ3) is 1.71. The van der Waals surface area contributed by atoms with E-state index in [0.29, 0.717) is 25.9 Å². The van der Waals surface area contributed by atoms with E-state index in [2.05, 4.69) is 10.1 Å². The van der Waals surface area contributed by atoms with E-state index in [0.717, 1.165) is 16.9 Å². The zero-order chi connectivity index (χ0) is 11.8. The van der Waals surface area contributed by atoms with Gasteiger partial charge in [-0.25, -0.2) is 14.3 Å². The van der Waals surface area contributed by atoms with Crippen molar-refractivity contribution in [3.8, 4) is 0 Å². The van der Waals surface area contributed by atoms with E-state index in [1.165, 1.54) is 4.90 Å². The van der Waals surface area contributed by atoms with Crippen molar-refractivity contribution >= 4 is 11.7 Å². The third-order valence-corrected chi connectivity index (χ3v) is 3.09. The van der Waals surface area contributed by atoms with Gasteiger partial charge >= 0.3 is 6.09 Å². The molecule has 88 valence electrons. The molecule has 0 fully saturated rings. The standard InChI is InChI=1S/C11H12N4O2/c16-11(17)14-5-2-8-7-15-10(1-4-12-15)13-9(8)3-6-14/h1,4,7H,2-3,5-6H2,(H,16,17). The molecule has 0 saturated carbocycles. The van der Waals surface area contributed by atoms with Gasteiger partial charge < -0.3 is 10.0 Å². The van der Waals surface area contributed by atoms with Crippen LogP contribution in [-0.4, -0.2) is 43.8 Å². The van der Waals surface area contributed by atoms with Crippen molar-refractivity contribution in [2.24, 2.45) is 0 Å². The van der Waals surface area contributed by atoms with Crippen molar-refractivity contribution in [2.45, 2.75) is 12.8 Å². The van der Waals surface area contributed by atoms with E-state index in [9.17, 15) is 4.79 Å². The molecule has 0 saturated heterocycles. The van der Waals surface area contributed by atoms with E-state index in [1.54, 1.807) is 10.7 Å². The minimum absolute atomic E-state index is 0.514. The van der Waals surface area contributed by atoms with Crippen LogP contribution in [0, 0.1) is 0 Å². The number of carbonyl (C=O) groups is 1. The van der Waals surface area contributed by atoms with Crippen LogP contribution >= 0.6 is 0 Å². The molecule has 6 heteroatoms. The SMILES string of the molecule is O=C(O)N1CCc2cn3nccc3nc2CC1. The number of amides is 1. The lowest BCUT2D eigenvalue weighted by atomic mass is 10.1. The van der Waals surface area contributed by atoms with Gasteiger partial charge in [-0.15, -0.1) is 0 Å². The lowest BCUT2D eigenvalue weighted by Gasteiger charge is -2.14. The van der Waals surface area contributed by atoms with E-state index in [1.807, 2.05) is 12.3 Å². The minimum atomic E-state index is -0.859. The highest BCUT2D eigenvalue weighted by atomic mass is 16.4. The first kappa shape index (κ1) is 10.1. The molecule has 0 radical (unpaired) electrons. The maximum Gasteiger partial charge on any atom is 0.407 e. The van der Waals surface area contributed by atoms with Gasteiger partial charge in [0.25, 0.3) is 0 Å². The summed E-state index contributed by atoms with van der Waals surface area (Å²) in [5.41, 5.74) is 2.89. The van der Waals surface area contributed by atoms with Gasteiger partial charge in [0.1, 0.15) is 0 Å². The van der Waals surface area contributed by atoms with Gasteiger partial charge in [-0.2, -0.15) is 5.10 Å². The molecule has 0 aliphatic carbocycles. The fourth-order valence-electron chi connectivity index (χ4n) is 2.15. The molecule has 1 amide bonds. The Morgan fingerprint density at radius 1 is 1.35 bits per heavy atom. The van der Waals surface area contributed by atoms with E-state index >= 15 is 0 Å². The number of aromatic nitrogens is 3. The van der Waals surface area contributed by atoms with Gasteiger partial charge in [-0.05, 0) is 12.0 Å². The summed E-state index contributed by atoms with van der Waals surface area (Å²) in [6.45, 7) is 1.04. The normalized spacial score (nSPS) is 15.6. The minimum Gasteiger partial charge on any atom is -0.465 e. The van der Waals surface area contributed by atoms with Crippen molar-refractivity contribution in [3.63, 3.8) is 0 Å². The Morgan fingerprint density at radius 3 is 3.00 bits per heavy atom. The summed E-state index contributed by atoms with van der Waals surface area (Å²) < 4.78 is 1.73. The molecule has 2 aromatic rings. The second kappa shape index (κ2) is 3.73. The lowest BCUT2D eigenvalue weighted by molar-refractivity contribution is 0.147. The quantitative estimate of drug-likeness (QED) is 0.729. The highest BCUT2D eigenvalue weighted by Gasteiger charge is 2.19. The molecule has 6 nitrogen and oxygen atoms in total. The Balaban J connectivity index is 1.98. The summed E-state index contributed by atoms with van der Waals surface area (Å²) in [5, 5.41) is 13.1. The molecular formula is C11H12N4O2. The first-order valence-corrected chi connectivity index (χ1v) is 5.54. The molecule has 3 rings (SSSR count). The second-order valence-electron chi connectivity index (χ2n) is 4.12. The lowest BCUT2D eigenvalue weighted by Crippen LogP contribution is -2.31. The largest absolute Gasteiger partial charge is 0.465 e. The van der Waals surface area contributed by atoms with Crippen molar-refractivity contribution in [1.29, 1.82) is 0 Å². The van der Waals surface area contributed by atoms with Crippen molar-refractivity contribution in [1.82, 2.24) is 19.5 Å². The number of hydrogen-bond donors (Lipinski definition) is 1. The topological polar surface area (TPSA) is 70.7 Å². The molecule has 17 heavy (non-hydrogen) atoms. The zero-order valence-electron chi connectivity index (χ0n) is 9.20.